The largest absolute Gasteiger partial charge is 0.378 e. The summed E-state index contributed by atoms with van der Waals surface area (Å²) < 4.78 is 5.24. The van der Waals surface area contributed by atoms with Gasteiger partial charge in [-0.05, 0) is 11.4 Å². The molecule has 1 saturated heterocycles. The molecule has 0 aliphatic carbocycles. The number of nitrogens with one attached hydrogen (secondary N) is 1. The number of ether oxygens (including phenoxy) is 1. The Bertz CT molecular complexity index is 688. The molecule has 2 aliphatic heterocycles. The van der Waals surface area contributed by atoms with E-state index in [1.165, 1.54) is 23.1 Å². The number of thioether (sulfide) groups is 1. The highest BCUT2D eigenvalue weighted by atomic mass is 32.2. The Balaban J connectivity index is 1.73. The minimum Gasteiger partial charge on any atom is -0.378 e. The van der Waals surface area contributed by atoms with Crippen molar-refractivity contribution in [3.8, 4) is 6.07 Å². The molecule has 1 N–H and O–H groups in total. The molecule has 2 aliphatic rings. The Morgan fingerprint density at radius 3 is 2.96 bits per heavy atom. The maximum atomic E-state index is 12.3. The normalized spacial score (nSPS) is 21.4. The van der Waals surface area contributed by atoms with Crippen molar-refractivity contribution < 1.29 is 14.3 Å². The lowest BCUT2D eigenvalue weighted by Crippen LogP contribution is -2.42. The molecular weight excluding hydrogens is 346 g/mol. The first-order valence-electron chi connectivity index (χ1n) is 7.65. The molecular formula is C16H17N3O3S2. The van der Waals surface area contributed by atoms with Crippen molar-refractivity contribution in [3.63, 3.8) is 0 Å². The predicted octanol–water partition coefficient (Wildman–Crippen LogP) is 1.68. The molecule has 1 aromatic heterocycles. The van der Waals surface area contributed by atoms with Gasteiger partial charge in [-0.25, -0.2) is 0 Å². The van der Waals surface area contributed by atoms with Crippen molar-refractivity contribution in [2.45, 2.75) is 12.3 Å². The number of nitriles is 1. The summed E-state index contributed by atoms with van der Waals surface area (Å²) in [6.45, 7) is 2.29. The lowest BCUT2D eigenvalue weighted by molar-refractivity contribution is -0.132. The first-order valence-corrected chi connectivity index (χ1v) is 9.51. The van der Waals surface area contributed by atoms with Gasteiger partial charge >= 0.3 is 0 Å². The van der Waals surface area contributed by atoms with E-state index in [2.05, 4.69) is 11.4 Å². The van der Waals surface area contributed by atoms with E-state index in [0.29, 0.717) is 36.9 Å². The highest BCUT2D eigenvalue weighted by Crippen LogP contribution is 2.37. The summed E-state index contributed by atoms with van der Waals surface area (Å²) in [6.07, 6.45) is 0.269. The Kier molecular flexibility index (Phi) is 5.56. The molecule has 1 fully saturated rings. The van der Waals surface area contributed by atoms with Gasteiger partial charge in [-0.2, -0.15) is 5.26 Å². The third-order valence-electron chi connectivity index (χ3n) is 3.95. The van der Waals surface area contributed by atoms with Crippen LogP contribution in [0.1, 0.15) is 17.2 Å². The van der Waals surface area contributed by atoms with Crippen LogP contribution in [0.3, 0.4) is 0 Å². The van der Waals surface area contributed by atoms with E-state index in [9.17, 15) is 14.9 Å². The van der Waals surface area contributed by atoms with Crippen molar-refractivity contribution in [1.29, 1.82) is 5.26 Å². The summed E-state index contributed by atoms with van der Waals surface area (Å²) in [6, 6.07) is 6.07. The molecule has 24 heavy (non-hydrogen) atoms. The topological polar surface area (TPSA) is 82.4 Å². The number of amides is 2. The second-order valence-electron chi connectivity index (χ2n) is 5.46. The van der Waals surface area contributed by atoms with Crippen LogP contribution in [-0.4, -0.2) is 48.8 Å². The van der Waals surface area contributed by atoms with Gasteiger partial charge in [0, 0.05) is 30.3 Å². The van der Waals surface area contributed by atoms with E-state index < -0.39 is 0 Å². The molecule has 1 atom stereocenters. The summed E-state index contributed by atoms with van der Waals surface area (Å²) >= 11 is 2.77. The number of hydrogen-bond acceptors (Lipinski definition) is 6. The monoisotopic (exact) mass is 363 g/mol. The molecule has 6 nitrogen and oxygen atoms in total. The zero-order valence-corrected chi connectivity index (χ0v) is 14.6. The van der Waals surface area contributed by atoms with E-state index in [0.717, 1.165) is 4.88 Å². The van der Waals surface area contributed by atoms with Crippen LogP contribution in [0.2, 0.25) is 0 Å². The molecule has 3 heterocycles. The first kappa shape index (κ1) is 17.0. The number of allylic oxidation sites excluding steroid dienone is 1. The molecule has 8 heteroatoms. The zero-order chi connectivity index (χ0) is 16.9. The summed E-state index contributed by atoms with van der Waals surface area (Å²) in [5, 5.41) is 14.8. The number of morpholine rings is 1. The highest BCUT2D eigenvalue weighted by Gasteiger charge is 2.30. The van der Waals surface area contributed by atoms with Gasteiger partial charge in [-0.3, -0.25) is 9.59 Å². The van der Waals surface area contributed by atoms with Gasteiger partial charge in [-0.1, -0.05) is 17.8 Å². The predicted molar refractivity (Wildman–Crippen MR) is 92.3 cm³/mol. The quantitative estimate of drug-likeness (QED) is 0.880. The summed E-state index contributed by atoms with van der Waals surface area (Å²) in [5.74, 6) is -0.128. The fourth-order valence-corrected chi connectivity index (χ4v) is 4.52. The van der Waals surface area contributed by atoms with E-state index >= 15 is 0 Å². The van der Waals surface area contributed by atoms with Gasteiger partial charge in [0.1, 0.15) is 0 Å². The van der Waals surface area contributed by atoms with Gasteiger partial charge in [0.05, 0.1) is 35.6 Å². The SMILES string of the molecule is N#CC1=C(SCC(=O)N2CCOCC2)NC(=O)C[C@H]1c1cccs1. The lowest BCUT2D eigenvalue weighted by Gasteiger charge is -2.28. The summed E-state index contributed by atoms with van der Waals surface area (Å²) in [5.41, 5.74) is 0.539. The Morgan fingerprint density at radius 2 is 2.29 bits per heavy atom. The molecule has 0 unspecified atom stereocenters. The van der Waals surface area contributed by atoms with Crippen LogP contribution in [0, 0.1) is 11.3 Å². The fraction of sp³-hybridized carbons (Fsp3) is 0.438. The number of nitrogens with zero attached hydrogens (tertiary/aromatic N) is 2. The van der Waals surface area contributed by atoms with Crippen molar-refractivity contribution in [2.24, 2.45) is 0 Å². The molecule has 0 aromatic carbocycles. The van der Waals surface area contributed by atoms with E-state index in [1.807, 2.05) is 17.5 Å². The van der Waals surface area contributed by atoms with Gasteiger partial charge < -0.3 is 15.0 Å². The highest BCUT2D eigenvalue weighted by molar-refractivity contribution is 8.03. The second-order valence-corrected chi connectivity index (χ2v) is 7.42. The van der Waals surface area contributed by atoms with E-state index in [4.69, 9.17) is 4.74 Å². The Labute approximate surface area is 148 Å². The van der Waals surface area contributed by atoms with Gasteiger partial charge in [0.2, 0.25) is 11.8 Å². The fourth-order valence-electron chi connectivity index (χ4n) is 2.70. The second kappa shape index (κ2) is 7.83. The maximum absolute atomic E-state index is 12.3. The van der Waals surface area contributed by atoms with Crippen molar-refractivity contribution in [2.75, 3.05) is 32.1 Å². The Hall–Kier alpha value is -1.82. The minimum absolute atomic E-state index is 0.000542. The lowest BCUT2D eigenvalue weighted by atomic mass is 9.93. The average molecular weight is 363 g/mol. The third-order valence-corrected chi connectivity index (χ3v) is 5.93. The maximum Gasteiger partial charge on any atom is 0.233 e. The molecule has 0 radical (unpaired) electrons. The van der Waals surface area contributed by atoms with E-state index in [-0.39, 0.29) is 29.9 Å². The van der Waals surface area contributed by atoms with Crippen LogP contribution in [0.5, 0.6) is 0 Å². The van der Waals surface area contributed by atoms with Crippen LogP contribution >= 0.6 is 23.1 Å². The smallest absolute Gasteiger partial charge is 0.233 e. The van der Waals surface area contributed by atoms with Crippen LogP contribution < -0.4 is 5.32 Å². The molecule has 2 amide bonds. The van der Waals surface area contributed by atoms with Crippen molar-refractivity contribution >= 4 is 34.9 Å². The van der Waals surface area contributed by atoms with Crippen molar-refractivity contribution in [1.82, 2.24) is 10.2 Å². The number of hydrogen-bond donors (Lipinski definition) is 1. The first-order chi connectivity index (χ1) is 11.7. The standard InChI is InChI=1S/C16H17N3O3S2/c17-9-12-11(13-2-1-7-23-13)8-14(20)18-16(12)24-10-15(21)19-3-5-22-6-4-19/h1-2,7,11H,3-6,8,10H2,(H,18,20)/t11-/m1/s1. The molecule has 0 saturated carbocycles. The zero-order valence-electron chi connectivity index (χ0n) is 13.0. The minimum atomic E-state index is -0.218. The van der Waals surface area contributed by atoms with Crippen molar-refractivity contribution in [3.05, 3.63) is 33.0 Å². The van der Waals surface area contributed by atoms with Gasteiger partial charge in [0.15, 0.2) is 0 Å². The van der Waals surface area contributed by atoms with Gasteiger partial charge in [0.25, 0.3) is 0 Å². The number of carbonyl (C=O) groups excluding carboxylic acids is 2. The number of thiophene rings is 1. The number of rotatable bonds is 4. The van der Waals surface area contributed by atoms with Crippen LogP contribution in [0.25, 0.3) is 0 Å². The molecule has 0 spiro atoms. The average Bonchev–Trinajstić information content (AvgIpc) is 3.14. The molecule has 126 valence electrons. The summed E-state index contributed by atoms with van der Waals surface area (Å²) in [4.78, 5) is 27.0. The Morgan fingerprint density at radius 1 is 1.50 bits per heavy atom. The molecule has 0 bridgehead atoms. The third kappa shape index (κ3) is 3.80. The van der Waals surface area contributed by atoms with Crippen LogP contribution in [0.15, 0.2) is 28.1 Å². The number of carbonyl (C=O) groups is 2. The van der Waals surface area contributed by atoms with E-state index in [1.54, 1.807) is 4.90 Å². The van der Waals surface area contributed by atoms with Crippen LogP contribution in [-0.2, 0) is 14.3 Å². The van der Waals surface area contributed by atoms with Gasteiger partial charge in [-0.15, -0.1) is 11.3 Å². The molecule has 1 aromatic rings. The molecule has 3 rings (SSSR count). The summed E-state index contributed by atoms with van der Waals surface area (Å²) in [7, 11) is 0. The van der Waals surface area contributed by atoms with Crippen LogP contribution in [0.4, 0.5) is 0 Å².